The second-order valence-corrected chi connectivity index (χ2v) is 4.98. The smallest absolute Gasteiger partial charge is 0.0931 e. The lowest BCUT2D eigenvalue weighted by atomic mass is 10.1. The fraction of sp³-hybridized carbons (Fsp3) is 0.467. The van der Waals surface area contributed by atoms with Gasteiger partial charge >= 0.3 is 0 Å². The number of hydrogen-bond acceptors (Lipinski definition) is 4. The highest BCUT2D eigenvalue weighted by atomic mass is 15.1. The molecule has 1 aromatic carbocycles. The van der Waals surface area contributed by atoms with Crippen molar-refractivity contribution in [3.8, 4) is 0 Å². The van der Waals surface area contributed by atoms with Crippen LogP contribution in [0.3, 0.4) is 0 Å². The molecule has 1 atom stereocenters. The van der Waals surface area contributed by atoms with Crippen molar-refractivity contribution >= 4 is 11.0 Å². The van der Waals surface area contributed by atoms with Crippen molar-refractivity contribution < 1.29 is 0 Å². The van der Waals surface area contributed by atoms with Crippen LogP contribution in [-0.2, 0) is 6.54 Å². The van der Waals surface area contributed by atoms with Crippen LogP contribution in [0.5, 0.6) is 0 Å². The normalized spacial score (nSPS) is 13.1. The zero-order valence-corrected chi connectivity index (χ0v) is 11.9. The highest BCUT2D eigenvalue weighted by Gasteiger charge is 2.07. The van der Waals surface area contributed by atoms with Crippen LogP contribution in [0, 0.1) is 0 Å². The van der Waals surface area contributed by atoms with Gasteiger partial charge < -0.3 is 10.2 Å². The van der Waals surface area contributed by atoms with Crippen LogP contribution in [0.25, 0.3) is 11.0 Å². The largest absolute Gasteiger partial charge is 0.309 e. The summed E-state index contributed by atoms with van der Waals surface area (Å²) < 4.78 is 0. The zero-order valence-electron chi connectivity index (χ0n) is 11.9. The Labute approximate surface area is 114 Å². The Bertz CT molecular complexity index is 521. The van der Waals surface area contributed by atoms with Crippen LogP contribution in [0.1, 0.15) is 19.4 Å². The molecule has 0 aliphatic carbocycles. The Morgan fingerprint density at radius 1 is 1.26 bits per heavy atom. The average molecular weight is 258 g/mol. The number of benzene rings is 1. The predicted molar refractivity (Wildman–Crippen MR) is 79.0 cm³/mol. The molecule has 0 saturated heterocycles. The molecule has 102 valence electrons. The molecular formula is C15H22N4. The molecule has 1 N–H and O–H groups in total. The van der Waals surface area contributed by atoms with Crippen LogP contribution in [0.2, 0.25) is 0 Å². The van der Waals surface area contributed by atoms with Crippen LogP contribution in [0.15, 0.2) is 30.6 Å². The summed E-state index contributed by atoms with van der Waals surface area (Å²) in [6, 6.07) is 6.61. The fourth-order valence-corrected chi connectivity index (χ4v) is 2.14. The van der Waals surface area contributed by atoms with E-state index in [0.29, 0.717) is 6.04 Å². The van der Waals surface area contributed by atoms with Gasteiger partial charge in [0, 0.05) is 31.5 Å². The Morgan fingerprint density at radius 3 is 2.84 bits per heavy atom. The fourth-order valence-electron chi connectivity index (χ4n) is 2.14. The maximum atomic E-state index is 4.42. The molecule has 0 fully saturated rings. The van der Waals surface area contributed by atoms with E-state index in [0.717, 1.165) is 30.7 Å². The molecule has 1 heterocycles. The molecule has 0 aliphatic rings. The van der Waals surface area contributed by atoms with Crippen molar-refractivity contribution in [1.82, 2.24) is 20.2 Å². The van der Waals surface area contributed by atoms with Crippen molar-refractivity contribution in [1.29, 1.82) is 0 Å². The first-order chi connectivity index (χ1) is 9.20. The van der Waals surface area contributed by atoms with Crippen molar-refractivity contribution in [2.45, 2.75) is 26.4 Å². The lowest BCUT2D eigenvalue weighted by molar-refractivity contribution is 0.309. The van der Waals surface area contributed by atoms with E-state index in [4.69, 9.17) is 0 Å². The minimum absolute atomic E-state index is 0.455. The first kappa shape index (κ1) is 13.9. The van der Waals surface area contributed by atoms with E-state index in [1.807, 2.05) is 12.1 Å². The van der Waals surface area contributed by atoms with E-state index in [1.54, 1.807) is 12.4 Å². The molecule has 2 rings (SSSR count). The topological polar surface area (TPSA) is 41.0 Å². The Morgan fingerprint density at radius 2 is 2.05 bits per heavy atom. The van der Waals surface area contributed by atoms with Gasteiger partial charge in [-0.15, -0.1) is 0 Å². The summed E-state index contributed by atoms with van der Waals surface area (Å²) in [6.07, 6.45) is 3.48. The van der Waals surface area contributed by atoms with Gasteiger partial charge in [-0.3, -0.25) is 9.97 Å². The quantitative estimate of drug-likeness (QED) is 0.861. The van der Waals surface area contributed by atoms with Crippen molar-refractivity contribution in [2.75, 3.05) is 20.1 Å². The maximum Gasteiger partial charge on any atom is 0.0931 e. The maximum absolute atomic E-state index is 4.42. The van der Waals surface area contributed by atoms with Crippen LogP contribution in [0.4, 0.5) is 0 Å². The van der Waals surface area contributed by atoms with Gasteiger partial charge in [0.2, 0.25) is 0 Å². The van der Waals surface area contributed by atoms with E-state index in [-0.39, 0.29) is 0 Å². The molecule has 1 unspecified atom stereocenters. The Kier molecular flexibility index (Phi) is 4.82. The van der Waals surface area contributed by atoms with Gasteiger partial charge in [0.15, 0.2) is 0 Å². The molecule has 4 nitrogen and oxygen atoms in total. The second kappa shape index (κ2) is 6.59. The lowest BCUT2D eigenvalue weighted by Gasteiger charge is -2.20. The highest BCUT2D eigenvalue weighted by Crippen LogP contribution is 2.13. The number of para-hydroxylation sites is 1. The van der Waals surface area contributed by atoms with Crippen LogP contribution >= 0.6 is 0 Å². The van der Waals surface area contributed by atoms with Gasteiger partial charge in [-0.05, 0) is 32.1 Å². The van der Waals surface area contributed by atoms with Gasteiger partial charge in [-0.1, -0.05) is 19.1 Å². The number of likely N-dealkylation sites (N-methyl/N-ethyl adjacent to an activating group) is 1. The molecule has 4 heteroatoms. The molecule has 19 heavy (non-hydrogen) atoms. The molecular weight excluding hydrogens is 236 g/mol. The summed E-state index contributed by atoms with van der Waals surface area (Å²) in [5.41, 5.74) is 3.16. The summed E-state index contributed by atoms with van der Waals surface area (Å²) in [5, 5.41) is 3.55. The van der Waals surface area contributed by atoms with Crippen molar-refractivity contribution in [3.63, 3.8) is 0 Å². The summed E-state index contributed by atoms with van der Waals surface area (Å²) in [5.74, 6) is 0. The molecule has 2 aromatic rings. The van der Waals surface area contributed by atoms with Crippen LogP contribution < -0.4 is 5.32 Å². The van der Waals surface area contributed by atoms with E-state index < -0.39 is 0 Å². The molecule has 0 bridgehead atoms. The first-order valence-electron chi connectivity index (χ1n) is 6.81. The van der Waals surface area contributed by atoms with E-state index in [9.17, 15) is 0 Å². The van der Waals surface area contributed by atoms with Gasteiger partial charge in [-0.2, -0.15) is 0 Å². The highest BCUT2D eigenvalue weighted by molar-refractivity contribution is 5.77. The average Bonchev–Trinajstić information content (AvgIpc) is 2.44. The summed E-state index contributed by atoms with van der Waals surface area (Å²) in [7, 11) is 2.14. The van der Waals surface area contributed by atoms with E-state index in [2.05, 4.69) is 47.1 Å². The van der Waals surface area contributed by atoms with Gasteiger partial charge in [0.25, 0.3) is 0 Å². The van der Waals surface area contributed by atoms with Gasteiger partial charge in [-0.25, -0.2) is 0 Å². The number of fused-ring (bicyclic) bond motifs is 1. The molecule has 1 aromatic heterocycles. The molecule has 0 aliphatic heterocycles. The standard InChI is InChI=1S/C15H22N4/c1-4-19(3)11-12(2)18-10-13-6-5-7-14-15(13)17-9-8-16-14/h5-9,12,18H,4,10-11H2,1-3H3. The van der Waals surface area contributed by atoms with E-state index in [1.165, 1.54) is 5.56 Å². The number of rotatable bonds is 6. The lowest BCUT2D eigenvalue weighted by Crippen LogP contribution is -2.36. The minimum Gasteiger partial charge on any atom is -0.309 e. The monoisotopic (exact) mass is 258 g/mol. The first-order valence-corrected chi connectivity index (χ1v) is 6.81. The predicted octanol–water partition coefficient (Wildman–Crippen LogP) is 2.06. The minimum atomic E-state index is 0.455. The third-order valence-corrected chi connectivity index (χ3v) is 3.35. The van der Waals surface area contributed by atoms with Crippen molar-refractivity contribution in [3.05, 3.63) is 36.2 Å². The number of nitrogens with zero attached hydrogens (tertiary/aromatic N) is 3. The third kappa shape index (κ3) is 3.72. The summed E-state index contributed by atoms with van der Waals surface area (Å²) >= 11 is 0. The Hall–Kier alpha value is -1.52. The molecule has 0 spiro atoms. The number of nitrogens with one attached hydrogen (secondary N) is 1. The molecule has 0 radical (unpaired) electrons. The SMILES string of the molecule is CCN(C)CC(C)NCc1cccc2nccnc12. The number of hydrogen-bond donors (Lipinski definition) is 1. The van der Waals surface area contributed by atoms with E-state index >= 15 is 0 Å². The summed E-state index contributed by atoms with van der Waals surface area (Å²) in [4.78, 5) is 11.1. The van der Waals surface area contributed by atoms with Crippen LogP contribution in [-0.4, -0.2) is 41.0 Å². The summed E-state index contributed by atoms with van der Waals surface area (Å²) in [6.45, 7) is 7.34. The Balaban J connectivity index is 2.02. The second-order valence-electron chi connectivity index (χ2n) is 4.98. The number of aromatic nitrogens is 2. The molecule has 0 saturated carbocycles. The zero-order chi connectivity index (χ0) is 13.7. The third-order valence-electron chi connectivity index (χ3n) is 3.35. The van der Waals surface area contributed by atoms with Gasteiger partial charge in [0.1, 0.15) is 0 Å². The molecule has 0 amide bonds. The van der Waals surface area contributed by atoms with Gasteiger partial charge in [0.05, 0.1) is 11.0 Å². The van der Waals surface area contributed by atoms with Crippen molar-refractivity contribution in [2.24, 2.45) is 0 Å².